The molecule has 0 N–H and O–H groups in total. The minimum Gasteiger partial charge on any atom is -0.493 e. The van der Waals surface area contributed by atoms with Crippen molar-refractivity contribution < 1.29 is 18.9 Å². The second-order valence-electron chi connectivity index (χ2n) is 8.90. The second-order valence-corrected chi connectivity index (χ2v) is 8.90. The molecule has 1 atom stereocenters. The van der Waals surface area contributed by atoms with Gasteiger partial charge in [-0.1, -0.05) is 38.1 Å². The topological polar surface area (TPSA) is 60.7 Å². The summed E-state index contributed by atoms with van der Waals surface area (Å²) in [6, 6.07) is 14.8. The number of fused-ring (bicyclic) bond motifs is 5. The number of hydrogen-bond donors (Lipinski definition) is 0. The van der Waals surface area contributed by atoms with E-state index in [1.807, 2.05) is 12.1 Å². The summed E-state index contributed by atoms with van der Waals surface area (Å²) in [5, 5.41) is 11.9. The van der Waals surface area contributed by atoms with Crippen molar-refractivity contribution in [2.45, 2.75) is 44.8 Å². The highest BCUT2D eigenvalue weighted by atomic mass is 16.7. The summed E-state index contributed by atoms with van der Waals surface area (Å²) in [5.74, 6) is 1.67. The zero-order valence-corrected chi connectivity index (χ0v) is 19.0. The first-order chi connectivity index (χ1) is 15.5. The van der Waals surface area contributed by atoms with E-state index >= 15 is 0 Å². The summed E-state index contributed by atoms with van der Waals surface area (Å²) >= 11 is 0. The fourth-order valence-electron chi connectivity index (χ4n) is 5.18. The fourth-order valence-corrected chi connectivity index (χ4v) is 5.18. The Morgan fingerprint density at radius 2 is 1.84 bits per heavy atom. The number of benzene rings is 3. The molecular weight excluding hydrogens is 402 g/mol. The van der Waals surface area contributed by atoms with Crippen LogP contribution in [-0.2, 0) is 10.2 Å². The van der Waals surface area contributed by atoms with Crippen LogP contribution in [0.5, 0.6) is 17.2 Å². The number of ether oxygens (including phenoxy) is 4. The average molecular weight is 430 g/mol. The monoisotopic (exact) mass is 429 g/mol. The normalized spacial score (nSPS) is 18.5. The molecule has 1 unspecified atom stereocenters. The number of rotatable bonds is 4. The zero-order valence-electron chi connectivity index (χ0n) is 19.0. The van der Waals surface area contributed by atoms with Gasteiger partial charge in [0.15, 0.2) is 17.8 Å². The quantitative estimate of drug-likeness (QED) is 0.514. The molecule has 1 aliphatic heterocycles. The van der Waals surface area contributed by atoms with Crippen LogP contribution in [-0.4, -0.2) is 27.1 Å². The van der Waals surface area contributed by atoms with Crippen molar-refractivity contribution in [3.8, 4) is 34.4 Å². The maximum absolute atomic E-state index is 10.2. The Hall–Kier alpha value is -3.23. The van der Waals surface area contributed by atoms with Gasteiger partial charge in [0.25, 0.3) is 0 Å². The van der Waals surface area contributed by atoms with E-state index in [4.69, 9.17) is 18.9 Å². The van der Waals surface area contributed by atoms with Crippen LogP contribution < -0.4 is 14.2 Å². The van der Waals surface area contributed by atoms with Crippen molar-refractivity contribution in [1.82, 2.24) is 0 Å². The van der Waals surface area contributed by atoms with Crippen LogP contribution in [0.15, 0.2) is 36.4 Å². The van der Waals surface area contributed by atoms with Gasteiger partial charge in [0.1, 0.15) is 17.4 Å². The zero-order chi connectivity index (χ0) is 22.5. The molecule has 0 amide bonds. The Morgan fingerprint density at radius 3 is 2.53 bits per heavy atom. The van der Waals surface area contributed by atoms with Gasteiger partial charge in [0, 0.05) is 22.6 Å². The van der Waals surface area contributed by atoms with Crippen molar-refractivity contribution in [3.05, 3.63) is 53.1 Å². The van der Waals surface area contributed by atoms with E-state index in [1.165, 1.54) is 5.56 Å². The summed E-state index contributed by atoms with van der Waals surface area (Å²) in [6.45, 7) is 5.14. The third-order valence-corrected chi connectivity index (χ3v) is 6.78. The lowest BCUT2D eigenvalue weighted by molar-refractivity contribution is -0.105. The maximum Gasteiger partial charge on any atom is 0.199 e. The van der Waals surface area contributed by atoms with E-state index in [1.54, 1.807) is 14.2 Å². The Kier molecular flexibility index (Phi) is 4.98. The lowest BCUT2D eigenvalue weighted by Gasteiger charge is -2.27. The molecule has 32 heavy (non-hydrogen) atoms. The predicted octanol–water partition coefficient (Wildman–Crippen LogP) is 5.94. The minimum atomic E-state index is -0.296. The standard InChI is InChI=1S/C27H27NO4/c1-27(2)19-10-6-5-9-16(19)25-20(27)14-21(32-23-11-7-8-12-31-23)17-13-22(29-3)26(30-4)18(15-28)24(17)25/h5-6,9-10,13-14,23H,7-8,11-12H2,1-4H3. The molecule has 1 heterocycles. The van der Waals surface area contributed by atoms with Crippen LogP contribution in [0.1, 0.15) is 49.8 Å². The largest absolute Gasteiger partial charge is 0.493 e. The molecule has 5 nitrogen and oxygen atoms in total. The van der Waals surface area contributed by atoms with Crippen LogP contribution >= 0.6 is 0 Å². The molecule has 0 aromatic heterocycles. The van der Waals surface area contributed by atoms with Gasteiger partial charge in [0.05, 0.1) is 20.8 Å². The summed E-state index contributed by atoms with van der Waals surface area (Å²) < 4.78 is 23.6. The summed E-state index contributed by atoms with van der Waals surface area (Å²) in [5.41, 5.74) is 4.81. The van der Waals surface area contributed by atoms with Crippen molar-refractivity contribution in [2.24, 2.45) is 0 Å². The molecule has 0 saturated carbocycles. The third-order valence-electron chi connectivity index (χ3n) is 6.78. The van der Waals surface area contributed by atoms with E-state index in [-0.39, 0.29) is 11.7 Å². The van der Waals surface area contributed by atoms with Crippen LogP contribution in [0.25, 0.3) is 21.9 Å². The molecule has 164 valence electrons. The van der Waals surface area contributed by atoms with Crippen molar-refractivity contribution >= 4 is 10.8 Å². The third kappa shape index (κ3) is 2.94. The van der Waals surface area contributed by atoms with Crippen LogP contribution in [0, 0.1) is 11.3 Å². The van der Waals surface area contributed by atoms with Gasteiger partial charge in [-0.3, -0.25) is 0 Å². The molecular formula is C27H27NO4. The lowest BCUT2D eigenvalue weighted by Crippen LogP contribution is -2.25. The minimum absolute atomic E-state index is 0.231. The van der Waals surface area contributed by atoms with E-state index in [0.29, 0.717) is 29.4 Å². The summed E-state index contributed by atoms with van der Waals surface area (Å²) in [7, 11) is 3.15. The highest BCUT2D eigenvalue weighted by Crippen LogP contribution is 2.55. The van der Waals surface area contributed by atoms with Gasteiger partial charge >= 0.3 is 0 Å². The lowest BCUT2D eigenvalue weighted by atomic mass is 9.81. The molecule has 5 heteroatoms. The van der Waals surface area contributed by atoms with Crippen molar-refractivity contribution in [1.29, 1.82) is 5.26 Å². The van der Waals surface area contributed by atoms with E-state index in [2.05, 4.69) is 44.2 Å². The first-order valence-corrected chi connectivity index (χ1v) is 11.1. The first-order valence-electron chi connectivity index (χ1n) is 11.1. The van der Waals surface area contributed by atoms with Gasteiger partial charge in [-0.2, -0.15) is 5.26 Å². The Morgan fingerprint density at radius 1 is 1.03 bits per heavy atom. The highest BCUT2D eigenvalue weighted by Gasteiger charge is 2.39. The van der Waals surface area contributed by atoms with Gasteiger partial charge in [-0.05, 0) is 47.2 Å². The van der Waals surface area contributed by atoms with Gasteiger partial charge < -0.3 is 18.9 Å². The fraction of sp³-hybridized carbons (Fsp3) is 0.370. The Bertz CT molecular complexity index is 1250. The van der Waals surface area contributed by atoms with Crippen LogP contribution in [0.2, 0.25) is 0 Å². The Labute approximate surface area is 188 Å². The molecule has 0 radical (unpaired) electrons. The van der Waals surface area contributed by atoms with E-state index < -0.39 is 0 Å². The van der Waals surface area contributed by atoms with Gasteiger partial charge in [0.2, 0.25) is 0 Å². The highest BCUT2D eigenvalue weighted by molar-refractivity contribution is 6.09. The van der Waals surface area contributed by atoms with Gasteiger partial charge in [-0.15, -0.1) is 0 Å². The number of methoxy groups -OCH3 is 2. The molecule has 1 saturated heterocycles. The van der Waals surface area contributed by atoms with Crippen LogP contribution in [0.3, 0.4) is 0 Å². The van der Waals surface area contributed by atoms with Gasteiger partial charge in [-0.25, -0.2) is 0 Å². The number of nitrogens with zero attached hydrogens (tertiary/aromatic N) is 1. The van der Waals surface area contributed by atoms with E-state index in [0.717, 1.165) is 46.7 Å². The predicted molar refractivity (Wildman–Crippen MR) is 124 cm³/mol. The SMILES string of the molecule is COc1cc2c(OC3CCCCO3)cc3c(c2c(C#N)c1OC)-c1ccccc1C3(C)C. The number of hydrogen-bond acceptors (Lipinski definition) is 5. The molecule has 1 fully saturated rings. The Balaban J connectivity index is 1.88. The second kappa shape index (κ2) is 7.72. The molecule has 3 aromatic rings. The van der Waals surface area contributed by atoms with Crippen molar-refractivity contribution in [3.63, 3.8) is 0 Å². The maximum atomic E-state index is 10.2. The molecule has 3 aromatic carbocycles. The molecule has 2 aliphatic rings. The molecule has 0 spiro atoms. The van der Waals surface area contributed by atoms with Crippen molar-refractivity contribution in [2.75, 3.05) is 20.8 Å². The molecule has 1 aliphatic carbocycles. The average Bonchev–Trinajstić information content (AvgIpc) is 3.05. The van der Waals surface area contributed by atoms with E-state index in [9.17, 15) is 5.26 Å². The van der Waals surface area contributed by atoms with Crippen LogP contribution in [0.4, 0.5) is 0 Å². The first kappa shape index (κ1) is 20.7. The molecule has 5 rings (SSSR count). The summed E-state index contributed by atoms with van der Waals surface area (Å²) in [6.07, 6.45) is 2.68. The smallest absolute Gasteiger partial charge is 0.199 e. The molecule has 0 bridgehead atoms. The summed E-state index contributed by atoms with van der Waals surface area (Å²) in [4.78, 5) is 0. The number of nitriles is 1.